The third-order valence-corrected chi connectivity index (χ3v) is 4.90. The van der Waals surface area contributed by atoms with E-state index < -0.39 is 10.0 Å². The van der Waals surface area contributed by atoms with E-state index in [0.717, 1.165) is 31.1 Å². The zero-order valence-electron chi connectivity index (χ0n) is 16.8. The van der Waals surface area contributed by atoms with E-state index >= 15 is 0 Å². The number of esters is 1. The minimum absolute atomic E-state index is 0. The van der Waals surface area contributed by atoms with Crippen molar-refractivity contribution >= 4 is 22.4 Å². The molecule has 0 saturated heterocycles. The average molecular weight is 403 g/mol. The van der Waals surface area contributed by atoms with Crippen molar-refractivity contribution in [3.8, 4) is 0 Å². The number of methoxy groups -OCH3 is 1. The van der Waals surface area contributed by atoms with Gasteiger partial charge in [0.15, 0.2) is 0 Å². The molecule has 1 amide bonds. The summed E-state index contributed by atoms with van der Waals surface area (Å²) in [4.78, 5) is 20.9. The molecule has 0 unspecified atom stereocenters. The zero-order valence-corrected chi connectivity index (χ0v) is 17.6. The molecule has 0 aliphatic heterocycles. The van der Waals surface area contributed by atoms with Crippen molar-refractivity contribution in [2.75, 3.05) is 20.4 Å². The standard InChI is InChI=1S/C10H13NO.C7H12O2.C2H7NO2S.H2/c1-8-3-5-10(6-4-8)9(2)11-7-12;1-9-7(8)6-4-2-3-5-6;1-3-6(2,4)5;/h3-7,9H,1-2H3,(H,11,12);6H,2-5H2,1H3;3H,1-2H3;1H/t9-;;;/m0.../s1. The van der Waals surface area contributed by atoms with Crippen LogP contribution in [0.3, 0.4) is 0 Å². The second-order valence-corrected chi connectivity index (χ2v) is 8.35. The summed E-state index contributed by atoms with van der Waals surface area (Å²) in [6.45, 7) is 4.00. The van der Waals surface area contributed by atoms with Gasteiger partial charge in [-0.3, -0.25) is 9.59 Å². The molecule has 0 radical (unpaired) electrons. The van der Waals surface area contributed by atoms with E-state index in [0.29, 0.717) is 0 Å². The molecular formula is C19H34N2O5S. The van der Waals surface area contributed by atoms with Crippen LogP contribution in [0.1, 0.15) is 51.2 Å². The summed E-state index contributed by atoms with van der Waals surface area (Å²) in [5.41, 5.74) is 2.37. The minimum Gasteiger partial charge on any atom is -0.469 e. The van der Waals surface area contributed by atoms with Crippen molar-refractivity contribution in [1.82, 2.24) is 10.0 Å². The van der Waals surface area contributed by atoms with Crippen LogP contribution in [0, 0.1) is 12.8 Å². The molecule has 1 atom stereocenters. The van der Waals surface area contributed by atoms with Crippen LogP contribution in [0.4, 0.5) is 0 Å². The van der Waals surface area contributed by atoms with E-state index in [1.165, 1.54) is 32.6 Å². The highest BCUT2D eigenvalue weighted by Gasteiger charge is 2.22. The number of rotatable bonds is 5. The molecule has 2 N–H and O–H groups in total. The van der Waals surface area contributed by atoms with Gasteiger partial charge in [-0.2, -0.15) is 0 Å². The molecule has 0 spiro atoms. The highest BCUT2D eigenvalue weighted by molar-refractivity contribution is 7.88. The Morgan fingerprint density at radius 3 is 2.11 bits per heavy atom. The van der Waals surface area contributed by atoms with Gasteiger partial charge in [0.25, 0.3) is 0 Å². The maximum atomic E-state index is 10.8. The number of carbonyl (C=O) groups is 2. The van der Waals surface area contributed by atoms with Gasteiger partial charge < -0.3 is 10.1 Å². The Morgan fingerprint density at radius 1 is 1.26 bits per heavy atom. The summed E-state index contributed by atoms with van der Waals surface area (Å²) < 4.78 is 26.4. The Hall–Kier alpha value is -1.93. The molecule has 27 heavy (non-hydrogen) atoms. The lowest BCUT2D eigenvalue weighted by Crippen LogP contribution is -2.15. The topological polar surface area (TPSA) is 102 Å². The van der Waals surface area contributed by atoms with Gasteiger partial charge in [-0.1, -0.05) is 42.7 Å². The van der Waals surface area contributed by atoms with E-state index in [1.54, 1.807) is 0 Å². The first-order valence-corrected chi connectivity index (χ1v) is 10.8. The summed E-state index contributed by atoms with van der Waals surface area (Å²) in [6.07, 6.45) is 6.29. The van der Waals surface area contributed by atoms with Crippen molar-refractivity contribution in [1.29, 1.82) is 0 Å². The fraction of sp³-hybridized carbons (Fsp3) is 0.579. The maximum absolute atomic E-state index is 10.8. The van der Waals surface area contributed by atoms with Crippen LogP contribution < -0.4 is 10.0 Å². The SMILES string of the molecule is CNS(C)(=O)=O.COC(=O)C1CCCC1.Cc1ccc([C@H](C)NC=O)cc1.[HH]. The largest absolute Gasteiger partial charge is 0.469 e. The lowest BCUT2D eigenvalue weighted by Gasteiger charge is -2.09. The zero-order chi connectivity index (χ0) is 20.9. The van der Waals surface area contributed by atoms with Crippen molar-refractivity contribution in [3.05, 3.63) is 35.4 Å². The summed E-state index contributed by atoms with van der Waals surface area (Å²) in [5.74, 6) is 0.197. The summed E-state index contributed by atoms with van der Waals surface area (Å²) in [7, 11) is -0.0827. The van der Waals surface area contributed by atoms with Gasteiger partial charge in [-0.15, -0.1) is 0 Å². The second-order valence-electron chi connectivity index (χ2n) is 6.40. The van der Waals surface area contributed by atoms with Crippen LogP contribution in [0.25, 0.3) is 0 Å². The fourth-order valence-electron chi connectivity index (χ4n) is 2.38. The number of nitrogens with one attached hydrogen (secondary N) is 2. The first-order valence-electron chi connectivity index (χ1n) is 8.87. The Balaban J connectivity index is 0. The van der Waals surface area contributed by atoms with Crippen LogP contribution >= 0.6 is 0 Å². The Bertz CT molecular complexity index is 659. The molecular weight excluding hydrogens is 368 g/mol. The molecule has 1 saturated carbocycles. The van der Waals surface area contributed by atoms with Crippen LogP contribution in [0.2, 0.25) is 0 Å². The molecule has 156 valence electrons. The van der Waals surface area contributed by atoms with E-state index in [2.05, 4.69) is 14.8 Å². The molecule has 0 heterocycles. The second kappa shape index (κ2) is 13.3. The molecule has 0 aromatic heterocycles. The predicted octanol–water partition coefficient (Wildman–Crippen LogP) is 2.56. The van der Waals surface area contributed by atoms with Crippen LogP contribution in [0.15, 0.2) is 24.3 Å². The van der Waals surface area contributed by atoms with Gasteiger partial charge in [0.2, 0.25) is 16.4 Å². The highest BCUT2D eigenvalue weighted by Crippen LogP contribution is 2.25. The smallest absolute Gasteiger partial charge is 0.308 e. The monoisotopic (exact) mass is 402 g/mol. The van der Waals surface area contributed by atoms with Gasteiger partial charge in [0, 0.05) is 1.43 Å². The molecule has 1 aliphatic carbocycles. The fourth-order valence-corrected chi connectivity index (χ4v) is 2.38. The van der Waals surface area contributed by atoms with Crippen LogP contribution in [-0.2, 0) is 24.3 Å². The van der Waals surface area contributed by atoms with Gasteiger partial charge >= 0.3 is 5.97 Å². The lowest BCUT2D eigenvalue weighted by molar-refractivity contribution is -0.145. The molecule has 0 bridgehead atoms. The van der Waals surface area contributed by atoms with E-state index in [1.807, 2.05) is 38.1 Å². The van der Waals surface area contributed by atoms with Gasteiger partial charge in [0.1, 0.15) is 0 Å². The molecule has 1 aromatic rings. The molecule has 7 nitrogen and oxygen atoms in total. The first kappa shape index (κ1) is 25.1. The van der Waals surface area contributed by atoms with Crippen molar-refractivity contribution in [3.63, 3.8) is 0 Å². The van der Waals surface area contributed by atoms with Crippen molar-refractivity contribution in [2.45, 2.75) is 45.6 Å². The van der Waals surface area contributed by atoms with Gasteiger partial charge in [-0.25, -0.2) is 13.1 Å². The number of hydrogen-bond acceptors (Lipinski definition) is 5. The van der Waals surface area contributed by atoms with Crippen LogP contribution in [0.5, 0.6) is 0 Å². The molecule has 1 fully saturated rings. The number of hydrogen-bond donors (Lipinski definition) is 2. The number of amides is 1. The Labute approximate surface area is 164 Å². The number of aryl methyl sites for hydroxylation is 1. The molecule has 8 heteroatoms. The van der Waals surface area contributed by atoms with Crippen LogP contribution in [-0.4, -0.2) is 41.2 Å². The molecule has 2 rings (SSSR count). The summed E-state index contributed by atoms with van der Waals surface area (Å²) >= 11 is 0. The van der Waals surface area contributed by atoms with E-state index in [4.69, 9.17) is 0 Å². The predicted molar refractivity (Wildman–Crippen MR) is 109 cm³/mol. The maximum Gasteiger partial charge on any atom is 0.308 e. The number of ether oxygens (including phenoxy) is 1. The van der Waals surface area contributed by atoms with Gasteiger partial charge in [-0.05, 0) is 39.3 Å². The Kier molecular flexibility index (Phi) is 12.3. The third kappa shape index (κ3) is 12.1. The summed E-state index contributed by atoms with van der Waals surface area (Å²) in [5, 5.41) is 2.70. The number of benzene rings is 1. The minimum atomic E-state index is -2.91. The van der Waals surface area contributed by atoms with E-state index in [9.17, 15) is 18.0 Å². The normalized spacial score (nSPS) is 14.7. The van der Waals surface area contributed by atoms with Crippen molar-refractivity contribution in [2.24, 2.45) is 5.92 Å². The first-order chi connectivity index (χ1) is 12.6. The third-order valence-electron chi connectivity index (χ3n) is 4.16. The number of sulfonamides is 1. The number of carbonyl (C=O) groups excluding carboxylic acids is 2. The average Bonchev–Trinajstić information content (AvgIpc) is 3.17. The van der Waals surface area contributed by atoms with Crippen molar-refractivity contribution < 1.29 is 24.2 Å². The highest BCUT2D eigenvalue weighted by atomic mass is 32.2. The quantitative estimate of drug-likeness (QED) is 0.582. The Morgan fingerprint density at radius 2 is 1.74 bits per heavy atom. The van der Waals surface area contributed by atoms with E-state index in [-0.39, 0.29) is 19.4 Å². The lowest BCUT2D eigenvalue weighted by atomic mass is 10.1. The van der Waals surface area contributed by atoms with Gasteiger partial charge in [0.05, 0.1) is 25.3 Å². The molecule has 1 aliphatic rings. The molecule has 1 aromatic carbocycles. The summed E-state index contributed by atoms with van der Waals surface area (Å²) in [6, 6.07) is 8.23.